The van der Waals surface area contributed by atoms with Gasteiger partial charge in [-0.2, -0.15) is 0 Å². The molecule has 1 unspecified atom stereocenters. The third kappa shape index (κ3) is 4.31. The molecular weight excluding hydrogens is 208 g/mol. The van der Waals surface area contributed by atoms with Crippen molar-refractivity contribution in [3.8, 4) is 0 Å². The maximum atomic E-state index is 4.58. The van der Waals surface area contributed by atoms with Gasteiger partial charge in [0, 0.05) is 6.20 Å². The lowest BCUT2D eigenvalue weighted by Crippen LogP contribution is -2.22. The largest absolute Gasteiger partial charge is 0.309 e. The van der Waals surface area contributed by atoms with Crippen LogP contribution in [0.5, 0.6) is 0 Å². The lowest BCUT2D eigenvalue weighted by atomic mass is 10.0. The van der Waals surface area contributed by atoms with Gasteiger partial charge < -0.3 is 5.32 Å². The van der Waals surface area contributed by atoms with Gasteiger partial charge in [0.05, 0.1) is 11.7 Å². The first kappa shape index (κ1) is 13.9. The summed E-state index contributed by atoms with van der Waals surface area (Å²) in [6, 6.07) is 2.55. The first-order valence-electron chi connectivity index (χ1n) is 6.35. The number of hydrogen-bond acceptors (Lipinski definition) is 2. The minimum absolute atomic E-state index is 0.345. The molecule has 0 aliphatic rings. The Bertz CT molecular complexity index is 383. The molecule has 2 heteroatoms. The van der Waals surface area contributed by atoms with Crippen LogP contribution in [-0.2, 0) is 0 Å². The van der Waals surface area contributed by atoms with E-state index in [0.29, 0.717) is 6.04 Å². The van der Waals surface area contributed by atoms with E-state index < -0.39 is 0 Å². The molecule has 1 atom stereocenters. The highest BCUT2D eigenvalue weighted by molar-refractivity contribution is 5.25. The molecule has 1 aromatic heterocycles. The molecule has 1 aromatic rings. The first-order valence-corrected chi connectivity index (χ1v) is 6.35. The average Bonchev–Trinajstić information content (AvgIpc) is 2.24. The molecular formula is C15H24N2. The Morgan fingerprint density at radius 3 is 2.71 bits per heavy atom. The molecule has 0 saturated heterocycles. The maximum Gasteiger partial charge on any atom is 0.0602 e. The SMILES string of the molecule is C=C(C)CCC(NCC)c1ncc(C)cc1C. The molecule has 0 aliphatic carbocycles. The van der Waals surface area contributed by atoms with Crippen LogP contribution in [0.15, 0.2) is 24.4 Å². The molecule has 2 nitrogen and oxygen atoms in total. The molecule has 0 fully saturated rings. The van der Waals surface area contributed by atoms with Gasteiger partial charge >= 0.3 is 0 Å². The van der Waals surface area contributed by atoms with E-state index in [0.717, 1.165) is 19.4 Å². The summed E-state index contributed by atoms with van der Waals surface area (Å²) in [6.07, 6.45) is 4.07. The average molecular weight is 232 g/mol. The van der Waals surface area contributed by atoms with Gasteiger partial charge in [-0.1, -0.05) is 18.6 Å². The molecule has 1 heterocycles. The van der Waals surface area contributed by atoms with Gasteiger partial charge in [0.15, 0.2) is 0 Å². The first-order chi connectivity index (χ1) is 8.04. The third-order valence-corrected chi connectivity index (χ3v) is 2.90. The summed E-state index contributed by atoms with van der Waals surface area (Å²) < 4.78 is 0. The molecule has 0 spiro atoms. The highest BCUT2D eigenvalue weighted by Gasteiger charge is 2.13. The molecule has 0 aliphatic heterocycles. The van der Waals surface area contributed by atoms with Crippen molar-refractivity contribution in [2.75, 3.05) is 6.54 Å². The van der Waals surface area contributed by atoms with Gasteiger partial charge in [-0.15, -0.1) is 6.58 Å². The summed E-state index contributed by atoms with van der Waals surface area (Å²) >= 11 is 0. The fourth-order valence-electron chi connectivity index (χ4n) is 2.06. The molecule has 0 amide bonds. The van der Waals surface area contributed by atoms with Crippen LogP contribution >= 0.6 is 0 Å². The summed E-state index contributed by atoms with van der Waals surface area (Å²) in [5.74, 6) is 0. The summed E-state index contributed by atoms with van der Waals surface area (Å²) in [5, 5.41) is 3.51. The third-order valence-electron chi connectivity index (χ3n) is 2.90. The molecule has 1 N–H and O–H groups in total. The van der Waals surface area contributed by atoms with Crippen molar-refractivity contribution >= 4 is 0 Å². The van der Waals surface area contributed by atoms with E-state index >= 15 is 0 Å². The van der Waals surface area contributed by atoms with Crippen molar-refractivity contribution in [1.29, 1.82) is 0 Å². The van der Waals surface area contributed by atoms with Crippen LogP contribution < -0.4 is 5.32 Å². The second-order valence-corrected chi connectivity index (χ2v) is 4.82. The van der Waals surface area contributed by atoms with Crippen LogP contribution in [0.25, 0.3) is 0 Å². The fraction of sp³-hybridized carbons (Fsp3) is 0.533. The number of hydrogen-bond donors (Lipinski definition) is 1. The fourth-order valence-corrected chi connectivity index (χ4v) is 2.06. The lowest BCUT2D eigenvalue weighted by Gasteiger charge is -2.19. The van der Waals surface area contributed by atoms with Crippen LogP contribution in [0, 0.1) is 13.8 Å². The molecule has 0 bridgehead atoms. The Hall–Kier alpha value is -1.15. The van der Waals surface area contributed by atoms with Gasteiger partial charge in [-0.05, 0) is 51.3 Å². The second-order valence-electron chi connectivity index (χ2n) is 4.82. The zero-order chi connectivity index (χ0) is 12.8. The summed E-state index contributed by atoms with van der Waals surface area (Å²) in [4.78, 5) is 4.58. The number of allylic oxidation sites excluding steroid dienone is 1. The molecule has 94 valence electrons. The summed E-state index contributed by atoms with van der Waals surface area (Å²) in [5.41, 5.74) is 4.91. The van der Waals surface area contributed by atoms with E-state index in [9.17, 15) is 0 Å². The van der Waals surface area contributed by atoms with Crippen molar-refractivity contribution < 1.29 is 0 Å². The standard InChI is InChI=1S/C15H24N2/c1-6-16-14(8-7-11(2)3)15-13(5)9-12(4)10-17-15/h9-10,14,16H,2,6-8H2,1,3-5H3. The van der Waals surface area contributed by atoms with Crippen molar-refractivity contribution in [3.63, 3.8) is 0 Å². The number of aryl methyl sites for hydroxylation is 2. The number of aromatic nitrogens is 1. The van der Waals surface area contributed by atoms with Gasteiger partial charge in [0.2, 0.25) is 0 Å². The van der Waals surface area contributed by atoms with E-state index in [-0.39, 0.29) is 0 Å². The highest BCUT2D eigenvalue weighted by atomic mass is 14.9. The van der Waals surface area contributed by atoms with Gasteiger partial charge in [0.1, 0.15) is 0 Å². The predicted molar refractivity (Wildman–Crippen MR) is 74.2 cm³/mol. The van der Waals surface area contributed by atoms with Crippen LogP contribution in [0.4, 0.5) is 0 Å². The van der Waals surface area contributed by atoms with Gasteiger partial charge in [-0.25, -0.2) is 0 Å². The zero-order valence-corrected chi connectivity index (χ0v) is 11.5. The minimum atomic E-state index is 0.345. The van der Waals surface area contributed by atoms with E-state index in [4.69, 9.17) is 0 Å². The van der Waals surface area contributed by atoms with Crippen LogP contribution in [0.1, 0.15) is 49.6 Å². The molecule has 0 aromatic carbocycles. The molecule has 17 heavy (non-hydrogen) atoms. The Labute approximate surface area is 105 Å². The Kier molecular flexibility index (Phi) is 5.36. The van der Waals surface area contributed by atoms with E-state index in [1.165, 1.54) is 22.4 Å². The van der Waals surface area contributed by atoms with E-state index in [2.05, 4.69) is 50.6 Å². The Balaban J connectivity index is 2.84. The maximum absolute atomic E-state index is 4.58. The Morgan fingerprint density at radius 1 is 1.47 bits per heavy atom. The van der Waals surface area contributed by atoms with Crippen molar-refractivity contribution in [2.45, 2.75) is 46.6 Å². The summed E-state index contributed by atoms with van der Waals surface area (Å²) in [6.45, 7) is 13.4. The van der Waals surface area contributed by atoms with Crippen LogP contribution in [-0.4, -0.2) is 11.5 Å². The normalized spacial score (nSPS) is 12.5. The van der Waals surface area contributed by atoms with Gasteiger partial charge in [0.25, 0.3) is 0 Å². The monoisotopic (exact) mass is 232 g/mol. The van der Waals surface area contributed by atoms with Crippen molar-refractivity contribution in [3.05, 3.63) is 41.2 Å². The minimum Gasteiger partial charge on any atom is -0.309 e. The smallest absolute Gasteiger partial charge is 0.0602 e. The number of nitrogens with zero attached hydrogens (tertiary/aromatic N) is 1. The van der Waals surface area contributed by atoms with Gasteiger partial charge in [-0.3, -0.25) is 4.98 Å². The highest BCUT2D eigenvalue weighted by Crippen LogP contribution is 2.22. The molecule has 1 rings (SSSR count). The second kappa shape index (κ2) is 6.55. The zero-order valence-electron chi connectivity index (χ0n) is 11.5. The van der Waals surface area contributed by atoms with Crippen LogP contribution in [0.2, 0.25) is 0 Å². The number of pyridine rings is 1. The topological polar surface area (TPSA) is 24.9 Å². The quantitative estimate of drug-likeness (QED) is 0.756. The lowest BCUT2D eigenvalue weighted by molar-refractivity contribution is 0.500. The van der Waals surface area contributed by atoms with E-state index in [1.807, 2.05) is 6.20 Å². The molecule has 0 saturated carbocycles. The number of rotatable bonds is 6. The van der Waals surface area contributed by atoms with Crippen molar-refractivity contribution in [1.82, 2.24) is 10.3 Å². The van der Waals surface area contributed by atoms with E-state index in [1.54, 1.807) is 0 Å². The summed E-state index contributed by atoms with van der Waals surface area (Å²) in [7, 11) is 0. The predicted octanol–water partition coefficient (Wildman–Crippen LogP) is 3.71. The molecule has 0 radical (unpaired) electrons. The van der Waals surface area contributed by atoms with Crippen LogP contribution in [0.3, 0.4) is 0 Å². The number of nitrogens with one attached hydrogen (secondary N) is 1. The Morgan fingerprint density at radius 2 is 2.18 bits per heavy atom. The van der Waals surface area contributed by atoms with Crippen molar-refractivity contribution in [2.24, 2.45) is 0 Å².